The first-order valence-corrected chi connectivity index (χ1v) is 10.1. The van der Waals surface area contributed by atoms with Gasteiger partial charge in [-0.3, -0.25) is 20.2 Å². The van der Waals surface area contributed by atoms with Crippen molar-refractivity contribution in [3.8, 4) is 5.75 Å². The van der Waals surface area contributed by atoms with E-state index < -0.39 is 102 Å². The maximum absolute atomic E-state index is 15.0. The number of nitro groups is 2. The van der Waals surface area contributed by atoms with Crippen LogP contribution < -0.4 is 4.74 Å². The standard InChI is InChI=1S/C18H23FN2O14/c19-11-13(25)16(35-18-15(27)14(26)12(24)9(4-22)33-18)10(5-23)34-17(11)32-8-2-1-6(20(28)29)3-7(8)21(30)31/h1-3,9-18,22-27H,4-5H2/t9-,10-,11+,12-,13+,14+,15-,16+,17+,18-/m0/s1. The Morgan fingerprint density at radius 1 is 0.886 bits per heavy atom. The molecule has 2 aliphatic rings. The van der Waals surface area contributed by atoms with Gasteiger partial charge in [0, 0.05) is 6.07 Å². The average Bonchev–Trinajstić information content (AvgIpc) is 2.83. The molecular weight excluding hydrogens is 487 g/mol. The third kappa shape index (κ3) is 5.47. The van der Waals surface area contributed by atoms with Crippen molar-refractivity contribution in [2.45, 2.75) is 61.5 Å². The Hall–Kier alpha value is -2.61. The Bertz CT molecular complexity index is 919. The minimum atomic E-state index is -2.46. The van der Waals surface area contributed by atoms with Crippen LogP contribution in [0.3, 0.4) is 0 Å². The minimum Gasteiger partial charge on any atom is -0.454 e. The molecule has 0 spiro atoms. The second-order valence-electron chi connectivity index (χ2n) is 7.74. The first kappa shape index (κ1) is 27.0. The Kier molecular flexibility index (Phi) is 8.46. The number of halogens is 1. The molecule has 2 heterocycles. The quantitative estimate of drug-likeness (QED) is 0.156. The van der Waals surface area contributed by atoms with E-state index >= 15 is 0 Å². The SMILES string of the molecule is O=[N+]([O-])c1ccc(O[C@@H]2O[C@@H](CO)[C@@H](O[C@@H]3O[C@@H](CO)[C@H](O)[C@@H](O)[C@@H]3O)[C@H](O)[C@H]2F)c([N+](=O)[O-])c1. The Morgan fingerprint density at radius 2 is 1.51 bits per heavy atom. The predicted octanol–water partition coefficient (Wildman–Crippen LogP) is -2.52. The van der Waals surface area contributed by atoms with Gasteiger partial charge in [0.15, 0.2) is 12.5 Å². The molecule has 2 aliphatic heterocycles. The molecule has 35 heavy (non-hydrogen) atoms. The molecule has 0 saturated carbocycles. The van der Waals surface area contributed by atoms with Gasteiger partial charge in [0.1, 0.15) is 42.7 Å². The molecule has 0 radical (unpaired) electrons. The molecule has 3 rings (SSSR count). The number of aliphatic hydroxyl groups excluding tert-OH is 6. The van der Waals surface area contributed by atoms with Crippen molar-refractivity contribution >= 4 is 11.4 Å². The Labute approximate surface area is 194 Å². The largest absolute Gasteiger partial charge is 0.454 e. The summed E-state index contributed by atoms with van der Waals surface area (Å²) in [6.45, 7) is -1.69. The van der Waals surface area contributed by atoms with E-state index in [1.807, 2.05) is 0 Å². The molecule has 2 saturated heterocycles. The van der Waals surface area contributed by atoms with Gasteiger partial charge in [-0.25, -0.2) is 4.39 Å². The second kappa shape index (κ2) is 11.0. The molecule has 1 aromatic rings. The normalized spacial score (nSPS) is 37.6. The molecule has 196 valence electrons. The van der Waals surface area contributed by atoms with Crippen molar-refractivity contribution in [3.05, 3.63) is 38.4 Å². The van der Waals surface area contributed by atoms with Gasteiger partial charge < -0.3 is 49.6 Å². The smallest absolute Gasteiger partial charge is 0.317 e. The molecule has 6 N–H and O–H groups in total. The number of hydrogen-bond acceptors (Lipinski definition) is 14. The molecule has 2 fully saturated rings. The summed E-state index contributed by atoms with van der Waals surface area (Å²) < 4.78 is 35.8. The molecule has 0 bridgehead atoms. The van der Waals surface area contributed by atoms with Gasteiger partial charge in [0.25, 0.3) is 5.69 Å². The summed E-state index contributed by atoms with van der Waals surface area (Å²) in [6, 6.07) is 2.28. The van der Waals surface area contributed by atoms with Crippen LogP contribution in [0.2, 0.25) is 0 Å². The van der Waals surface area contributed by atoms with Crippen molar-refractivity contribution < 1.29 is 63.8 Å². The first-order chi connectivity index (χ1) is 16.5. The summed E-state index contributed by atoms with van der Waals surface area (Å²) >= 11 is 0. The zero-order chi connectivity index (χ0) is 26.0. The van der Waals surface area contributed by atoms with Gasteiger partial charge in [0.05, 0.1) is 29.1 Å². The van der Waals surface area contributed by atoms with Crippen LogP contribution in [0.25, 0.3) is 0 Å². The average molecular weight is 510 g/mol. The molecule has 0 aliphatic carbocycles. The van der Waals surface area contributed by atoms with E-state index in [-0.39, 0.29) is 0 Å². The summed E-state index contributed by atoms with van der Waals surface area (Å²) in [7, 11) is 0. The van der Waals surface area contributed by atoms with E-state index in [0.717, 1.165) is 12.1 Å². The lowest BCUT2D eigenvalue weighted by Crippen LogP contribution is -2.64. The lowest BCUT2D eigenvalue weighted by molar-refractivity contribution is -0.395. The van der Waals surface area contributed by atoms with Gasteiger partial charge in [-0.05, 0) is 6.07 Å². The van der Waals surface area contributed by atoms with Crippen molar-refractivity contribution in [1.29, 1.82) is 0 Å². The highest BCUT2D eigenvalue weighted by Crippen LogP contribution is 2.35. The highest BCUT2D eigenvalue weighted by Gasteiger charge is 2.52. The topological polar surface area (TPSA) is 245 Å². The predicted molar refractivity (Wildman–Crippen MR) is 106 cm³/mol. The van der Waals surface area contributed by atoms with Gasteiger partial charge in [-0.2, -0.15) is 0 Å². The zero-order valence-electron chi connectivity index (χ0n) is 17.6. The molecular formula is C18H23FN2O14. The van der Waals surface area contributed by atoms with Crippen LogP contribution in [0, 0.1) is 20.2 Å². The van der Waals surface area contributed by atoms with Crippen LogP contribution in [-0.4, -0.2) is 115 Å². The van der Waals surface area contributed by atoms with E-state index in [4.69, 9.17) is 18.9 Å². The van der Waals surface area contributed by atoms with Crippen LogP contribution in [0.4, 0.5) is 15.8 Å². The molecule has 0 unspecified atom stereocenters. The molecule has 0 aromatic heterocycles. The highest BCUT2D eigenvalue weighted by molar-refractivity contribution is 5.53. The van der Waals surface area contributed by atoms with Crippen LogP contribution in [-0.2, 0) is 14.2 Å². The number of ether oxygens (including phenoxy) is 4. The number of hydrogen-bond donors (Lipinski definition) is 6. The summed E-state index contributed by atoms with van der Waals surface area (Å²) in [4.78, 5) is 20.2. The number of benzene rings is 1. The number of alkyl halides is 1. The summed E-state index contributed by atoms with van der Waals surface area (Å²) in [5, 5.41) is 81.3. The van der Waals surface area contributed by atoms with Gasteiger partial charge >= 0.3 is 5.69 Å². The van der Waals surface area contributed by atoms with Crippen LogP contribution in [0.15, 0.2) is 18.2 Å². The zero-order valence-corrected chi connectivity index (χ0v) is 17.6. The van der Waals surface area contributed by atoms with E-state index in [0.29, 0.717) is 6.07 Å². The number of aliphatic hydroxyl groups is 6. The lowest BCUT2D eigenvalue weighted by atomic mass is 9.97. The number of nitrogens with zero attached hydrogens (tertiary/aromatic N) is 2. The van der Waals surface area contributed by atoms with Crippen LogP contribution >= 0.6 is 0 Å². The third-order valence-corrected chi connectivity index (χ3v) is 5.51. The fraction of sp³-hybridized carbons (Fsp3) is 0.667. The van der Waals surface area contributed by atoms with Crippen LogP contribution in [0.1, 0.15) is 0 Å². The summed E-state index contributed by atoms with van der Waals surface area (Å²) in [5.41, 5.74) is -1.52. The van der Waals surface area contributed by atoms with Crippen LogP contribution in [0.5, 0.6) is 5.75 Å². The van der Waals surface area contributed by atoms with E-state index in [1.165, 1.54) is 0 Å². The number of nitro benzene ring substituents is 2. The minimum absolute atomic E-state index is 0.580. The van der Waals surface area contributed by atoms with Gasteiger partial charge in [0.2, 0.25) is 12.0 Å². The fourth-order valence-electron chi connectivity index (χ4n) is 3.62. The summed E-state index contributed by atoms with van der Waals surface area (Å²) in [6.07, 6.45) is -18.5. The molecule has 0 amide bonds. The van der Waals surface area contributed by atoms with Gasteiger partial charge in [-0.1, -0.05) is 0 Å². The Morgan fingerprint density at radius 3 is 2.09 bits per heavy atom. The van der Waals surface area contributed by atoms with Crippen molar-refractivity contribution in [2.75, 3.05) is 13.2 Å². The Balaban J connectivity index is 1.78. The monoisotopic (exact) mass is 510 g/mol. The lowest BCUT2D eigenvalue weighted by Gasteiger charge is -2.45. The van der Waals surface area contributed by atoms with Gasteiger partial charge in [-0.15, -0.1) is 0 Å². The number of non-ortho nitro benzene ring substituents is 1. The van der Waals surface area contributed by atoms with E-state index in [1.54, 1.807) is 0 Å². The summed E-state index contributed by atoms with van der Waals surface area (Å²) in [5.74, 6) is -0.620. The molecule has 17 heteroatoms. The highest BCUT2D eigenvalue weighted by atomic mass is 19.1. The van der Waals surface area contributed by atoms with E-state index in [9.17, 15) is 55.3 Å². The maximum Gasteiger partial charge on any atom is 0.317 e. The van der Waals surface area contributed by atoms with E-state index in [2.05, 4.69) is 0 Å². The molecule has 16 nitrogen and oxygen atoms in total. The molecule has 1 aromatic carbocycles. The number of rotatable bonds is 8. The first-order valence-electron chi connectivity index (χ1n) is 10.1. The van der Waals surface area contributed by atoms with Crippen molar-refractivity contribution in [2.24, 2.45) is 0 Å². The fourth-order valence-corrected chi connectivity index (χ4v) is 3.62. The van der Waals surface area contributed by atoms with Crippen molar-refractivity contribution in [3.63, 3.8) is 0 Å². The van der Waals surface area contributed by atoms with Crippen molar-refractivity contribution in [1.82, 2.24) is 0 Å². The second-order valence-corrected chi connectivity index (χ2v) is 7.74. The third-order valence-electron chi connectivity index (χ3n) is 5.51. The molecule has 10 atom stereocenters. The maximum atomic E-state index is 15.0.